The molecule has 1 N–H and O–H groups in total. The number of para-hydroxylation sites is 1. The SMILES string of the molecule is COc1ccccc1CSc1nnnn1CCNC(C)C. The highest BCUT2D eigenvalue weighted by atomic mass is 32.2. The summed E-state index contributed by atoms with van der Waals surface area (Å²) in [6.45, 7) is 5.86. The number of nitrogens with one attached hydrogen (secondary N) is 1. The van der Waals surface area contributed by atoms with E-state index in [-0.39, 0.29) is 0 Å². The zero-order valence-corrected chi connectivity index (χ0v) is 13.4. The van der Waals surface area contributed by atoms with Crippen LogP contribution in [0.4, 0.5) is 0 Å². The van der Waals surface area contributed by atoms with E-state index in [1.54, 1.807) is 18.9 Å². The van der Waals surface area contributed by atoms with E-state index < -0.39 is 0 Å². The van der Waals surface area contributed by atoms with Crippen molar-refractivity contribution in [3.63, 3.8) is 0 Å². The summed E-state index contributed by atoms with van der Waals surface area (Å²) < 4.78 is 7.18. The minimum atomic E-state index is 0.464. The maximum Gasteiger partial charge on any atom is 0.209 e. The van der Waals surface area contributed by atoms with E-state index in [4.69, 9.17) is 4.74 Å². The van der Waals surface area contributed by atoms with Crippen molar-refractivity contribution in [2.45, 2.75) is 37.3 Å². The molecule has 0 amide bonds. The van der Waals surface area contributed by atoms with Gasteiger partial charge in [0.05, 0.1) is 13.7 Å². The van der Waals surface area contributed by atoms with Crippen LogP contribution in [0, 0.1) is 0 Å². The number of hydrogen-bond acceptors (Lipinski definition) is 6. The molecule has 1 aromatic carbocycles. The molecule has 0 fully saturated rings. The van der Waals surface area contributed by atoms with E-state index in [9.17, 15) is 0 Å². The first-order chi connectivity index (χ1) is 10.2. The lowest BCUT2D eigenvalue weighted by Crippen LogP contribution is -2.27. The van der Waals surface area contributed by atoms with Crippen LogP contribution in [0.2, 0.25) is 0 Å². The average molecular weight is 307 g/mol. The Morgan fingerprint density at radius 2 is 2.14 bits per heavy atom. The lowest BCUT2D eigenvalue weighted by molar-refractivity contribution is 0.411. The Hall–Kier alpha value is -1.60. The number of ether oxygens (including phenoxy) is 1. The summed E-state index contributed by atoms with van der Waals surface area (Å²) in [5, 5.41) is 16.1. The molecule has 1 aromatic heterocycles. The number of thioether (sulfide) groups is 1. The molecule has 114 valence electrons. The van der Waals surface area contributed by atoms with Crippen molar-refractivity contribution in [3.05, 3.63) is 29.8 Å². The molecule has 0 bridgehead atoms. The van der Waals surface area contributed by atoms with Gasteiger partial charge < -0.3 is 10.1 Å². The highest BCUT2D eigenvalue weighted by Gasteiger charge is 2.09. The molecule has 2 aromatic rings. The predicted octanol–water partition coefficient (Wildman–Crippen LogP) is 1.97. The third-order valence-corrected chi connectivity index (χ3v) is 3.93. The summed E-state index contributed by atoms with van der Waals surface area (Å²) in [6.07, 6.45) is 0. The van der Waals surface area contributed by atoms with Gasteiger partial charge >= 0.3 is 0 Å². The Labute approximate surface area is 129 Å². The number of nitrogens with zero attached hydrogens (tertiary/aromatic N) is 4. The second kappa shape index (κ2) is 7.99. The standard InChI is InChI=1S/C14H21N5OS/c1-11(2)15-8-9-19-14(16-17-18-19)21-10-12-6-4-5-7-13(12)20-3/h4-7,11,15H,8-10H2,1-3H3. The fourth-order valence-electron chi connectivity index (χ4n) is 1.86. The zero-order chi connectivity index (χ0) is 15.1. The third kappa shape index (κ3) is 4.71. The lowest BCUT2D eigenvalue weighted by Gasteiger charge is -2.09. The molecule has 0 aliphatic carbocycles. The molecule has 0 spiro atoms. The van der Waals surface area contributed by atoms with Crippen LogP contribution in [0.15, 0.2) is 29.4 Å². The van der Waals surface area contributed by atoms with Gasteiger partial charge in [0.15, 0.2) is 0 Å². The summed E-state index contributed by atoms with van der Waals surface area (Å²) in [6, 6.07) is 8.46. The van der Waals surface area contributed by atoms with E-state index in [0.29, 0.717) is 6.04 Å². The minimum Gasteiger partial charge on any atom is -0.496 e. The van der Waals surface area contributed by atoms with Gasteiger partial charge in [-0.1, -0.05) is 43.8 Å². The smallest absolute Gasteiger partial charge is 0.209 e. The quantitative estimate of drug-likeness (QED) is 0.752. The molecule has 0 unspecified atom stereocenters. The Balaban J connectivity index is 1.93. The van der Waals surface area contributed by atoms with E-state index in [1.807, 2.05) is 22.9 Å². The maximum absolute atomic E-state index is 5.35. The molecular weight excluding hydrogens is 286 g/mol. The minimum absolute atomic E-state index is 0.464. The molecule has 2 rings (SSSR count). The van der Waals surface area contributed by atoms with Gasteiger partial charge in [-0.3, -0.25) is 0 Å². The number of rotatable bonds is 8. The van der Waals surface area contributed by atoms with Crippen molar-refractivity contribution in [3.8, 4) is 5.75 Å². The molecule has 1 heterocycles. The van der Waals surface area contributed by atoms with Gasteiger partial charge in [-0.2, -0.15) is 0 Å². The van der Waals surface area contributed by atoms with Crippen molar-refractivity contribution in [1.29, 1.82) is 0 Å². The van der Waals surface area contributed by atoms with Crippen LogP contribution in [-0.2, 0) is 12.3 Å². The van der Waals surface area contributed by atoms with Crippen LogP contribution in [-0.4, -0.2) is 39.9 Å². The van der Waals surface area contributed by atoms with Crippen LogP contribution in [0.3, 0.4) is 0 Å². The first-order valence-electron chi connectivity index (χ1n) is 6.95. The van der Waals surface area contributed by atoms with Crippen molar-refractivity contribution in [2.24, 2.45) is 0 Å². The molecule has 0 aliphatic heterocycles. The van der Waals surface area contributed by atoms with Gasteiger partial charge in [0.25, 0.3) is 0 Å². The van der Waals surface area contributed by atoms with E-state index in [1.165, 1.54) is 0 Å². The first-order valence-corrected chi connectivity index (χ1v) is 7.93. The molecule has 0 saturated heterocycles. The fraction of sp³-hybridized carbons (Fsp3) is 0.500. The van der Waals surface area contributed by atoms with Gasteiger partial charge in [0, 0.05) is 23.9 Å². The number of benzene rings is 1. The van der Waals surface area contributed by atoms with Crippen molar-refractivity contribution in [1.82, 2.24) is 25.5 Å². The highest BCUT2D eigenvalue weighted by molar-refractivity contribution is 7.98. The number of aromatic nitrogens is 4. The van der Waals surface area contributed by atoms with Gasteiger partial charge in [0.1, 0.15) is 5.75 Å². The normalized spacial score (nSPS) is 11.0. The average Bonchev–Trinajstić information content (AvgIpc) is 2.92. The van der Waals surface area contributed by atoms with Gasteiger partial charge in [-0.25, -0.2) is 4.68 Å². The number of methoxy groups -OCH3 is 1. The van der Waals surface area contributed by atoms with Crippen LogP contribution in [0.5, 0.6) is 5.75 Å². The Kier molecular flexibility index (Phi) is 6.01. The van der Waals surface area contributed by atoms with Gasteiger partial charge in [0.2, 0.25) is 5.16 Å². The number of hydrogen-bond donors (Lipinski definition) is 1. The molecule has 0 saturated carbocycles. The maximum atomic E-state index is 5.35. The summed E-state index contributed by atoms with van der Waals surface area (Å²) in [5.74, 6) is 1.67. The van der Waals surface area contributed by atoms with Gasteiger partial charge in [-0.05, 0) is 16.5 Å². The van der Waals surface area contributed by atoms with Crippen molar-refractivity contribution < 1.29 is 4.74 Å². The van der Waals surface area contributed by atoms with Crippen LogP contribution >= 0.6 is 11.8 Å². The second-order valence-electron chi connectivity index (χ2n) is 4.89. The van der Waals surface area contributed by atoms with Crippen LogP contribution in [0.1, 0.15) is 19.4 Å². The highest BCUT2D eigenvalue weighted by Crippen LogP contribution is 2.26. The van der Waals surface area contributed by atoms with E-state index >= 15 is 0 Å². The molecular formula is C14H21N5OS. The molecule has 0 radical (unpaired) electrons. The fourth-order valence-corrected chi connectivity index (χ4v) is 2.76. The molecule has 7 heteroatoms. The molecule has 0 atom stereocenters. The molecule has 6 nitrogen and oxygen atoms in total. The topological polar surface area (TPSA) is 64.9 Å². The lowest BCUT2D eigenvalue weighted by atomic mass is 10.2. The second-order valence-corrected chi connectivity index (χ2v) is 5.84. The Bertz CT molecular complexity index is 558. The Morgan fingerprint density at radius 1 is 1.33 bits per heavy atom. The summed E-state index contributed by atoms with van der Waals surface area (Å²) >= 11 is 1.61. The number of tetrazole rings is 1. The summed E-state index contributed by atoms with van der Waals surface area (Å²) in [5.41, 5.74) is 1.14. The van der Waals surface area contributed by atoms with Crippen molar-refractivity contribution >= 4 is 11.8 Å². The molecule has 21 heavy (non-hydrogen) atoms. The van der Waals surface area contributed by atoms with Crippen LogP contribution < -0.4 is 10.1 Å². The van der Waals surface area contributed by atoms with Gasteiger partial charge in [-0.15, -0.1) is 5.10 Å². The van der Waals surface area contributed by atoms with E-state index in [2.05, 4.69) is 40.8 Å². The third-order valence-electron chi connectivity index (χ3n) is 2.92. The zero-order valence-electron chi connectivity index (χ0n) is 12.6. The Morgan fingerprint density at radius 3 is 2.90 bits per heavy atom. The first kappa shape index (κ1) is 15.8. The monoisotopic (exact) mass is 307 g/mol. The van der Waals surface area contributed by atoms with Crippen molar-refractivity contribution in [2.75, 3.05) is 13.7 Å². The predicted molar refractivity (Wildman–Crippen MR) is 83.5 cm³/mol. The largest absolute Gasteiger partial charge is 0.496 e. The van der Waals surface area contributed by atoms with Crippen LogP contribution in [0.25, 0.3) is 0 Å². The summed E-state index contributed by atoms with van der Waals surface area (Å²) in [7, 11) is 1.69. The molecule has 0 aliphatic rings. The van der Waals surface area contributed by atoms with E-state index in [0.717, 1.165) is 35.3 Å². The summed E-state index contributed by atoms with van der Waals surface area (Å²) in [4.78, 5) is 0.